The molecule has 0 saturated heterocycles. The molecule has 25 heavy (non-hydrogen) atoms. The minimum absolute atomic E-state index is 0.390. The molecule has 0 amide bonds. The largest absolute Gasteiger partial charge is 0.452 e. The van der Waals surface area contributed by atoms with E-state index in [0.29, 0.717) is 9.91 Å². The third-order valence-corrected chi connectivity index (χ3v) is 5.44. The molecule has 2 aromatic rings. The number of halogens is 2. The van der Waals surface area contributed by atoms with E-state index in [1.807, 2.05) is 30.3 Å². The summed E-state index contributed by atoms with van der Waals surface area (Å²) in [4.78, 5) is 12.5. The van der Waals surface area contributed by atoms with Crippen molar-refractivity contribution in [3.63, 3.8) is 0 Å². The summed E-state index contributed by atoms with van der Waals surface area (Å²) in [5, 5.41) is 0. The van der Waals surface area contributed by atoms with Crippen molar-refractivity contribution < 1.29 is 9.53 Å². The van der Waals surface area contributed by atoms with Gasteiger partial charge in [0.1, 0.15) is 4.21 Å². The highest BCUT2D eigenvalue weighted by Gasteiger charge is 2.33. The van der Waals surface area contributed by atoms with Crippen LogP contribution in [0.25, 0.3) is 6.08 Å². The molecule has 6 heteroatoms. The van der Waals surface area contributed by atoms with Gasteiger partial charge in [-0.15, -0.1) is 22.9 Å². The van der Waals surface area contributed by atoms with Gasteiger partial charge in [-0.3, -0.25) is 4.79 Å². The highest BCUT2D eigenvalue weighted by molar-refractivity contribution is 7.83. The number of thiophene rings is 1. The maximum absolute atomic E-state index is 11.7. The van der Waals surface area contributed by atoms with Gasteiger partial charge < -0.3 is 4.74 Å². The van der Waals surface area contributed by atoms with E-state index in [9.17, 15) is 4.79 Å². The molecule has 0 aliphatic heterocycles. The van der Waals surface area contributed by atoms with E-state index >= 15 is 0 Å². The Morgan fingerprint density at radius 3 is 2.56 bits per heavy atom. The Morgan fingerprint density at radius 2 is 2.04 bits per heavy atom. The lowest BCUT2D eigenvalue weighted by Gasteiger charge is -2.27. The van der Waals surface area contributed by atoms with Crippen LogP contribution < -0.4 is 0 Å². The smallest absolute Gasteiger partial charge is 0.303 e. The van der Waals surface area contributed by atoms with E-state index in [4.69, 9.17) is 27.9 Å². The Labute approximate surface area is 168 Å². The summed E-state index contributed by atoms with van der Waals surface area (Å²) in [6.45, 7) is 5.24. The number of alkyl halides is 1. The Kier molecular flexibility index (Phi) is 7.03. The lowest BCUT2D eigenvalue weighted by molar-refractivity contribution is -0.144. The van der Waals surface area contributed by atoms with E-state index in [-0.39, 0.29) is 0 Å². The van der Waals surface area contributed by atoms with Crippen LogP contribution in [0.4, 0.5) is 0 Å². The first-order valence-electron chi connectivity index (χ1n) is 7.86. The van der Waals surface area contributed by atoms with Crippen LogP contribution in [0.3, 0.4) is 0 Å². The highest BCUT2D eigenvalue weighted by atomic mass is 35.5. The molecule has 0 fully saturated rings. The summed E-state index contributed by atoms with van der Waals surface area (Å²) in [5.41, 5.74) is 2.90. The zero-order chi connectivity index (χ0) is 18.6. The molecule has 0 saturated carbocycles. The zero-order valence-corrected chi connectivity index (χ0v) is 17.5. The molecule has 0 radical (unpaired) electrons. The molecule has 1 heterocycles. The average Bonchev–Trinajstić information content (AvgIpc) is 2.96. The topological polar surface area (TPSA) is 26.3 Å². The maximum atomic E-state index is 11.7. The van der Waals surface area contributed by atoms with Gasteiger partial charge in [-0.25, -0.2) is 0 Å². The number of hydrogen-bond acceptors (Lipinski definition) is 4. The van der Waals surface area contributed by atoms with Crippen molar-refractivity contribution in [2.24, 2.45) is 0 Å². The molecule has 2 atom stereocenters. The second kappa shape index (κ2) is 8.63. The molecule has 0 bridgehead atoms. The van der Waals surface area contributed by atoms with E-state index in [0.717, 1.165) is 16.9 Å². The van der Waals surface area contributed by atoms with Crippen molar-refractivity contribution in [3.8, 4) is 0 Å². The second-order valence-corrected chi connectivity index (χ2v) is 9.40. The van der Waals surface area contributed by atoms with Gasteiger partial charge in [0.2, 0.25) is 0 Å². The van der Waals surface area contributed by atoms with Gasteiger partial charge in [-0.05, 0) is 42.7 Å². The van der Waals surface area contributed by atoms with Gasteiger partial charge in [0.15, 0.2) is 6.10 Å². The van der Waals surface area contributed by atoms with Crippen LogP contribution >= 0.6 is 47.2 Å². The van der Waals surface area contributed by atoms with Crippen molar-refractivity contribution >= 4 is 59.2 Å². The third-order valence-electron chi connectivity index (χ3n) is 3.69. The summed E-state index contributed by atoms with van der Waals surface area (Å²) < 4.78 is 5.21. The maximum Gasteiger partial charge on any atom is 0.303 e. The predicted molar refractivity (Wildman–Crippen MR) is 111 cm³/mol. The Hall–Kier alpha value is -0.940. The first-order chi connectivity index (χ1) is 11.7. The summed E-state index contributed by atoms with van der Waals surface area (Å²) in [6, 6.07) is 11.7. The minimum Gasteiger partial charge on any atom is -0.452 e. The molecular weight excluding hydrogens is 395 g/mol. The summed E-state index contributed by atoms with van der Waals surface area (Å²) in [6.07, 6.45) is 2.20. The number of rotatable bonds is 6. The lowest BCUT2D eigenvalue weighted by atomic mass is 9.97. The van der Waals surface area contributed by atoms with Crippen LogP contribution in [0.1, 0.15) is 42.9 Å². The summed E-state index contributed by atoms with van der Waals surface area (Å²) in [7, 11) is 0. The van der Waals surface area contributed by atoms with Crippen molar-refractivity contribution in [1.29, 1.82) is 0 Å². The molecular formula is C19H20Cl2O2S2. The molecule has 2 unspecified atom stereocenters. The first-order valence-corrected chi connectivity index (χ1v) is 9.88. The van der Waals surface area contributed by atoms with Crippen LogP contribution in [0, 0.1) is 0 Å². The fourth-order valence-corrected chi connectivity index (χ4v) is 3.97. The van der Waals surface area contributed by atoms with Gasteiger partial charge in [0.05, 0.1) is 9.21 Å². The first kappa shape index (κ1) is 20.4. The molecule has 134 valence electrons. The van der Waals surface area contributed by atoms with Gasteiger partial charge in [0, 0.05) is 12.5 Å². The molecule has 1 aromatic heterocycles. The highest BCUT2D eigenvalue weighted by Crippen LogP contribution is 2.43. The molecule has 0 aliphatic rings. The molecule has 2 rings (SSSR count). The zero-order valence-electron chi connectivity index (χ0n) is 14.3. The number of thiol groups is 1. The minimum atomic E-state index is -1.00. The number of esters is 1. The Balaban J connectivity index is 2.60. The quantitative estimate of drug-likeness (QED) is 0.330. The van der Waals surface area contributed by atoms with Crippen LogP contribution in [-0.4, -0.2) is 10.2 Å². The van der Waals surface area contributed by atoms with Crippen LogP contribution in [0.15, 0.2) is 42.0 Å². The van der Waals surface area contributed by atoms with E-state index < -0.39 is 16.3 Å². The van der Waals surface area contributed by atoms with Crippen molar-refractivity contribution in [3.05, 3.63) is 62.3 Å². The average molecular weight is 415 g/mol. The van der Waals surface area contributed by atoms with E-state index in [2.05, 4.69) is 25.6 Å². The van der Waals surface area contributed by atoms with E-state index in [1.54, 1.807) is 13.0 Å². The fraction of sp³-hybridized carbons (Fsp3) is 0.316. The van der Waals surface area contributed by atoms with Gasteiger partial charge in [-0.2, -0.15) is 12.6 Å². The third kappa shape index (κ3) is 5.52. The second-order valence-electron chi connectivity index (χ2n) is 5.74. The molecule has 0 aliphatic carbocycles. The fourth-order valence-electron chi connectivity index (χ4n) is 2.52. The van der Waals surface area contributed by atoms with Crippen molar-refractivity contribution in [1.82, 2.24) is 0 Å². The van der Waals surface area contributed by atoms with Crippen molar-refractivity contribution in [2.75, 3.05) is 0 Å². The number of carbonyl (C=O) groups excluding carboxylic acids is 1. The number of hydrogen-bond donors (Lipinski definition) is 1. The van der Waals surface area contributed by atoms with Gasteiger partial charge >= 0.3 is 5.97 Å². The number of ether oxygens (including phenoxy) is 1. The predicted octanol–water partition coefficient (Wildman–Crippen LogP) is 6.54. The molecule has 0 spiro atoms. The lowest BCUT2D eigenvalue weighted by Crippen LogP contribution is -2.21. The number of aryl methyl sites for hydroxylation is 1. The Bertz CT molecular complexity index is 776. The SMILES string of the molecule is CCc1ccccc1/C=C(/C(OC(C)=O)c1ccc(Cl)s1)C(C)(S)Cl. The molecule has 2 nitrogen and oxygen atoms in total. The number of benzene rings is 1. The van der Waals surface area contributed by atoms with Gasteiger partial charge in [0.25, 0.3) is 0 Å². The number of carbonyl (C=O) groups is 1. The van der Waals surface area contributed by atoms with Crippen LogP contribution in [-0.2, 0) is 16.0 Å². The Morgan fingerprint density at radius 1 is 1.36 bits per heavy atom. The summed E-state index contributed by atoms with van der Waals surface area (Å²) >= 11 is 18.5. The van der Waals surface area contributed by atoms with Crippen molar-refractivity contribution in [2.45, 2.75) is 37.5 Å². The molecule has 0 N–H and O–H groups in total. The van der Waals surface area contributed by atoms with E-state index in [1.165, 1.54) is 23.8 Å². The molecule has 1 aromatic carbocycles. The normalized spacial score (nSPS) is 15.5. The van der Waals surface area contributed by atoms with Gasteiger partial charge in [-0.1, -0.05) is 42.8 Å². The van der Waals surface area contributed by atoms with Crippen LogP contribution in [0.2, 0.25) is 4.34 Å². The standard InChI is InChI=1S/C19H20Cl2O2S2/c1-4-13-7-5-6-8-14(13)11-15(19(3,21)24)18(23-12(2)22)16-9-10-17(20)25-16/h5-11,18,24H,4H2,1-3H3/b15-11-. The summed E-state index contributed by atoms with van der Waals surface area (Å²) in [5.74, 6) is -0.390. The van der Waals surface area contributed by atoms with Crippen LogP contribution in [0.5, 0.6) is 0 Å². The monoisotopic (exact) mass is 414 g/mol.